The highest BCUT2D eigenvalue weighted by Crippen LogP contribution is 2.20. The molecule has 2 amide bonds. The molecular formula is C21H26FN3O5S. The van der Waals surface area contributed by atoms with Gasteiger partial charge in [0.2, 0.25) is 21.8 Å². The van der Waals surface area contributed by atoms with Crippen molar-refractivity contribution in [2.24, 2.45) is 0 Å². The molecule has 0 aliphatic heterocycles. The standard InChI is InChI=1S/C21H26FN3O5S/c1-15(21(27)23-2)24(13-16-6-5-7-19(12-16)30-3)20(26)14-25(31(4,28)29)18-10-8-17(22)9-11-18/h5-12,15H,13-14H2,1-4H3,(H,23,27). The van der Waals surface area contributed by atoms with E-state index in [9.17, 15) is 22.4 Å². The van der Waals surface area contributed by atoms with Gasteiger partial charge in [-0.05, 0) is 48.9 Å². The SMILES string of the molecule is CNC(=O)C(C)N(Cc1cccc(OC)c1)C(=O)CN(c1ccc(F)cc1)S(C)(=O)=O. The smallest absolute Gasteiger partial charge is 0.244 e. The molecule has 168 valence electrons. The molecule has 0 bridgehead atoms. The summed E-state index contributed by atoms with van der Waals surface area (Å²) in [5.41, 5.74) is 0.849. The zero-order valence-corrected chi connectivity index (χ0v) is 18.6. The van der Waals surface area contributed by atoms with Crippen molar-refractivity contribution >= 4 is 27.5 Å². The number of hydrogen-bond donors (Lipinski definition) is 1. The number of sulfonamides is 1. The number of carbonyl (C=O) groups excluding carboxylic acids is 2. The van der Waals surface area contributed by atoms with Crippen molar-refractivity contribution in [2.75, 3.05) is 31.3 Å². The van der Waals surface area contributed by atoms with Crippen molar-refractivity contribution in [2.45, 2.75) is 19.5 Å². The molecule has 0 saturated carbocycles. The fourth-order valence-electron chi connectivity index (χ4n) is 2.98. The van der Waals surface area contributed by atoms with Gasteiger partial charge in [0.15, 0.2) is 0 Å². The summed E-state index contributed by atoms with van der Waals surface area (Å²) in [4.78, 5) is 26.7. The third kappa shape index (κ3) is 6.42. The number of nitrogens with zero attached hydrogens (tertiary/aromatic N) is 2. The normalized spacial score (nSPS) is 12.0. The third-order valence-electron chi connectivity index (χ3n) is 4.69. The fourth-order valence-corrected chi connectivity index (χ4v) is 3.83. The first-order valence-electron chi connectivity index (χ1n) is 9.44. The van der Waals surface area contributed by atoms with Crippen LogP contribution in [-0.4, -0.2) is 58.1 Å². The average molecular weight is 452 g/mol. The molecule has 0 saturated heterocycles. The van der Waals surface area contributed by atoms with E-state index in [0.717, 1.165) is 22.7 Å². The van der Waals surface area contributed by atoms with Gasteiger partial charge in [-0.1, -0.05) is 12.1 Å². The maximum absolute atomic E-state index is 13.3. The number of hydrogen-bond acceptors (Lipinski definition) is 5. The number of nitrogens with one attached hydrogen (secondary N) is 1. The molecule has 2 rings (SSSR count). The van der Waals surface area contributed by atoms with Crippen LogP contribution in [0.15, 0.2) is 48.5 Å². The highest BCUT2D eigenvalue weighted by Gasteiger charge is 2.29. The van der Waals surface area contributed by atoms with Gasteiger partial charge >= 0.3 is 0 Å². The number of anilines is 1. The first-order valence-corrected chi connectivity index (χ1v) is 11.3. The van der Waals surface area contributed by atoms with E-state index in [4.69, 9.17) is 4.74 Å². The Bertz CT molecular complexity index is 1030. The summed E-state index contributed by atoms with van der Waals surface area (Å²) in [5.74, 6) is -0.935. The molecule has 0 aliphatic rings. The zero-order valence-electron chi connectivity index (χ0n) is 17.8. The number of rotatable bonds is 9. The molecule has 0 aliphatic carbocycles. The first-order chi connectivity index (χ1) is 14.6. The Kier molecular flexibility index (Phi) is 7.98. The quantitative estimate of drug-likeness (QED) is 0.627. The maximum atomic E-state index is 13.3. The van der Waals surface area contributed by atoms with Gasteiger partial charge in [-0.3, -0.25) is 13.9 Å². The molecule has 0 aromatic heterocycles. The zero-order chi connectivity index (χ0) is 23.2. The van der Waals surface area contributed by atoms with E-state index in [2.05, 4.69) is 5.32 Å². The van der Waals surface area contributed by atoms with Crippen molar-refractivity contribution < 1.29 is 27.1 Å². The maximum Gasteiger partial charge on any atom is 0.244 e. The molecule has 2 aromatic carbocycles. The van der Waals surface area contributed by atoms with Crippen LogP contribution in [-0.2, 0) is 26.2 Å². The Labute approximate surface area is 181 Å². The molecular weight excluding hydrogens is 425 g/mol. The molecule has 0 heterocycles. The average Bonchev–Trinajstić information content (AvgIpc) is 2.74. The van der Waals surface area contributed by atoms with Crippen molar-refractivity contribution in [3.05, 3.63) is 59.9 Å². The van der Waals surface area contributed by atoms with Crippen LogP contribution in [0.5, 0.6) is 5.75 Å². The summed E-state index contributed by atoms with van der Waals surface area (Å²) in [7, 11) is -0.883. The van der Waals surface area contributed by atoms with Crippen molar-refractivity contribution in [3.63, 3.8) is 0 Å². The van der Waals surface area contributed by atoms with Crippen molar-refractivity contribution in [1.29, 1.82) is 0 Å². The number of likely N-dealkylation sites (N-methyl/N-ethyl adjacent to an activating group) is 1. The van der Waals surface area contributed by atoms with Gasteiger partial charge in [-0.25, -0.2) is 12.8 Å². The highest BCUT2D eigenvalue weighted by atomic mass is 32.2. The van der Waals surface area contributed by atoms with Crippen LogP contribution in [0.4, 0.5) is 10.1 Å². The van der Waals surface area contributed by atoms with Crippen LogP contribution < -0.4 is 14.4 Å². The van der Waals surface area contributed by atoms with Gasteiger partial charge in [0.1, 0.15) is 24.2 Å². The second kappa shape index (κ2) is 10.3. The predicted octanol–water partition coefficient (Wildman–Crippen LogP) is 1.76. The lowest BCUT2D eigenvalue weighted by molar-refractivity contribution is -0.139. The van der Waals surface area contributed by atoms with Gasteiger partial charge in [0.25, 0.3) is 0 Å². The van der Waals surface area contributed by atoms with Crippen LogP contribution in [0.25, 0.3) is 0 Å². The molecule has 2 aromatic rings. The predicted molar refractivity (Wildman–Crippen MR) is 116 cm³/mol. The van der Waals surface area contributed by atoms with E-state index in [1.807, 2.05) is 0 Å². The Morgan fingerprint density at radius 1 is 1.16 bits per heavy atom. The number of ether oxygens (including phenoxy) is 1. The largest absolute Gasteiger partial charge is 0.497 e. The number of carbonyl (C=O) groups is 2. The molecule has 10 heteroatoms. The van der Waals surface area contributed by atoms with Crippen LogP contribution in [0.3, 0.4) is 0 Å². The van der Waals surface area contributed by atoms with Crippen LogP contribution in [0.2, 0.25) is 0 Å². The molecule has 31 heavy (non-hydrogen) atoms. The summed E-state index contributed by atoms with van der Waals surface area (Å²) in [6.07, 6.45) is 0.957. The second-order valence-corrected chi connectivity index (χ2v) is 8.82. The topological polar surface area (TPSA) is 96.0 Å². The monoisotopic (exact) mass is 451 g/mol. The third-order valence-corrected chi connectivity index (χ3v) is 5.84. The summed E-state index contributed by atoms with van der Waals surface area (Å²) in [6, 6.07) is 10.9. The number of amides is 2. The van der Waals surface area contributed by atoms with Gasteiger partial charge in [0, 0.05) is 13.6 Å². The van der Waals surface area contributed by atoms with E-state index in [1.54, 1.807) is 31.2 Å². The first kappa shape index (κ1) is 24.1. The highest BCUT2D eigenvalue weighted by molar-refractivity contribution is 7.92. The summed E-state index contributed by atoms with van der Waals surface area (Å²) >= 11 is 0. The van der Waals surface area contributed by atoms with Gasteiger partial charge in [-0.15, -0.1) is 0 Å². The lowest BCUT2D eigenvalue weighted by atomic mass is 10.1. The lowest BCUT2D eigenvalue weighted by Gasteiger charge is -2.31. The fraction of sp³-hybridized carbons (Fsp3) is 0.333. The second-order valence-electron chi connectivity index (χ2n) is 6.91. The Morgan fingerprint density at radius 2 is 1.81 bits per heavy atom. The van der Waals surface area contributed by atoms with E-state index in [-0.39, 0.29) is 12.2 Å². The van der Waals surface area contributed by atoms with Gasteiger partial charge < -0.3 is 15.0 Å². The minimum atomic E-state index is -3.85. The van der Waals surface area contributed by atoms with E-state index in [0.29, 0.717) is 11.3 Å². The molecule has 1 unspecified atom stereocenters. The van der Waals surface area contributed by atoms with E-state index >= 15 is 0 Å². The van der Waals surface area contributed by atoms with Crippen LogP contribution >= 0.6 is 0 Å². The summed E-state index contributed by atoms with van der Waals surface area (Å²) < 4.78 is 44.0. The minimum absolute atomic E-state index is 0.0612. The molecule has 0 spiro atoms. The van der Waals surface area contributed by atoms with Gasteiger partial charge in [0.05, 0.1) is 19.1 Å². The molecule has 8 nitrogen and oxygen atoms in total. The van der Waals surface area contributed by atoms with E-state index < -0.39 is 40.2 Å². The summed E-state index contributed by atoms with van der Waals surface area (Å²) in [5, 5.41) is 2.50. The Balaban J connectivity index is 2.37. The Morgan fingerprint density at radius 3 is 2.35 bits per heavy atom. The number of halogens is 1. The minimum Gasteiger partial charge on any atom is -0.497 e. The Hall–Kier alpha value is -3.14. The number of benzene rings is 2. The van der Waals surface area contributed by atoms with Crippen LogP contribution in [0.1, 0.15) is 12.5 Å². The molecule has 1 atom stereocenters. The van der Waals surface area contributed by atoms with Crippen molar-refractivity contribution in [3.8, 4) is 5.75 Å². The van der Waals surface area contributed by atoms with E-state index in [1.165, 1.54) is 31.2 Å². The molecule has 0 radical (unpaired) electrons. The van der Waals surface area contributed by atoms with Crippen LogP contribution in [0, 0.1) is 5.82 Å². The van der Waals surface area contributed by atoms with Gasteiger partial charge in [-0.2, -0.15) is 0 Å². The summed E-state index contributed by atoms with van der Waals surface area (Å²) in [6.45, 7) is 1.07. The molecule has 0 fully saturated rings. The molecule has 1 N–H and O–H groups in total. The lowest BCUT2D eigenvalue weighted by Crippen LogP contribution is -2.50. The van der Waals surface area contributed by atoms with Crippen molar-refractivity contribution in [1.82, 2.24) is 10.2 Å². The number of methoxy groups -OCH3 is 1.